The molecule has 2 aromatic rings. The molecular weight excluding hydrogens is 233 g/mol. The highest BCUT2D eigenvalue weighted by atomic mass is 35.5. The summed E-state index contributed by atoms with van der Waals surface area (Å²) in [6.07, 6.45) is 3.29. The number of aromatic nitrogens is 3. The number of pyridine rings is 1. The van der Waals surface area contributed by atoms with Crippen LogP contribution in [0.3, 0.4) is 0 Å². The highest BCUT2D eigenvalue weighted by molar-refractivity contribution is 6.32. The summed E-state index contributed by atoms with van der Waals surface area (Å²) in [4.78, 5) is 11.9. The van der Waals surface area contributed by atoms with Crippen molar-refractivity contribution in [1.82, 2.24) is 15.0 Å². The first-order valence-corrected chi connectivity index (χ1v) is 5.03. The summed E-state index contributed by atoms with van der Waals surface area (Å²) >= 11 is 11.7. The van der Waals surface area contributed by atoms with E-state index in [4.69, 9.17) is 23.2 Å². The standard InChI is InChI=1S/C10H7Cl2N3/c1-6-4-7(9(11)14-5-6)8-2-3-13-10(12)15-8/h2-5H,1H3. The van der Waals surface area contributed by atoms with Crippen molar-refractivity contribution in [2.75, 3.05) is 0 Å². The molecule has 0 amide bonds. The van der Waals surface area contributed by atoms with Gasteiger partial charge in [0.15, 0.2) is 0 Å². The lowest BCUT2D eigenvalue weighted by atomic mass is 10.1. The molecular formula is C10H7Cl2N3. The molecule has 0 unspecified atom stereocenters. The lowest BCUT2D eigenvalue weighted by Gasteiger charge is -2.03. The van der Waals surface area contributed by atoms with E-state index in [1.807, 2.05) is 13.0 Å². The molecule has 2 heterocycles. The van der Waals surface area contributed by atoms with Crippen molar-refractivity contribution in [2.24, 2.45) is 0 Å². The topological polar surface area (TPSA) is 38.7 Å². The average molecular weight is 240 g/mol. The van der Waals surface area contributed by atoms with Crippen molar-refractivity contribution in [3.05, 3.63) is 40.5 Å². The van der Waals surface area contributed by atoms with Gasteiger partial charge in [0.05, 0.1) is 5.69 Å². The maximum Gasteiger partial charge on any atom is 0.222 e. The fraction of sp³-hybridized carbons (Fsp3) is 0.100. The summed E-state index contributed by atoms with van der Waals surface area (Å²) in [5, 5.41) is 0.612. The molecule has 5 heteroatoms. The maximum absolute atomic E-state index is 5.97. The summed E-state index contributed by atoms with van der Waals surface area (Å²) < 4.78 is 0. The van der Waals surface area contributed by atoms with Gasteiger partial charge in [0, 0.05) is 18.0 Å². The van der Waals surface area contributed by atoms with Crippen LogP contribution in [0.25, 0.3) is 11.3 Å². The molecule has 0 aromatic carbocycles. The predicted molar refractivity (Wildman–Crippen MR) is 60.0 cm³/mol. The Balaban J connectivity index is 2.58. The number of hydrogen-bond acceptors (Lipinski definition) is 3. The average Bonchev–Trinajstić information content (AvgIpc) is 2.22. The monoisotopic (exact) mass is 239 g/mol. The van der Waals surface area contributed by atoms with Gasteiger partial charge in [-0.15, -0.1) is 0 Å². The second kappa shape index (κ2) is 4.13. The summed E-state index contributed by atoms with van der Waals surface area (Å²) in [6.45, 7) is 1.94. The Hall–Kier alpha value is -1.19. The molecule has 0 saturated carbocycles. The Kier molecular flexibility index (Phi) is 2.84. The maximum atomic E-state index is 5.97. The van der Waals surface area contributed by atoms with E-state index >= 15 is 0 Å². The van der Waals surface area contributed by atoms with Crippen LogP contribution in [0.15, 0.2) is 24.5 Å². The Labute approximate surface area is 97.1 Å². The molecule has 2 rings (SSSR count). The Morgan fingerprint density at radius 1 is 1.20 bits per heavy atom. The molecule has 0 spiro atoms. The largest absolute Gasteiger partial charge is 0.244 e. The first-order chi connectivity index (χ1) is 7.16. The van der Waals surface area contributed by atoms with Gasteiger partial charge in [-0.1, -0.05) is 11.6 Å². The first kappa shape index (κ1) is 10.3. The third kappa shape index (κ3) is 2.25. The van der Waals surface area contributed by atoms with Crippen molar-refractivity contribution in [3.8, 4) is 11.3 Å². The van der Waals surface area contributed by atoms with Crippen LogP contribution in [-0.4, -0.2) is 15.0 Å². The predicted octanol–water partition coefficient (Wildman–Crippen LogP) is 3.15. The zero-order valence-corrected chi connectivity index (χ0v) is 9.42. The molecule has 0 atom stereocenters. The quantitative estimate of drug-likeness (QED) is 0.567. The van der Waals surface area contributed by atoms with E-state index in [1.165, 1.54) is 0 Å². The van der Waals surface area contributed by atoms with E-state index in [9.17, 15) is 0 Å². The Morgan fingerprint density at radius 3 is 2.73 bits per heavy atom. The SMILES string of the molecule is Cc1cnc(Cl)c(-c2ccnc(Cl)n2)c1. The molecule has 15 heavy (non-hydrogen) atoms. The zero-order chi connectivity index (χ0) is 10.8. The lowest BCUT2D eigenvalue weighted by Crippen LogP contribution is -1.90. The second-order valence-electron chi connectivity index (χ2n) is 3.06. The number of rotatable bonds is 1. The lowest BCUT2D eigenvalue weighted by molar-refractivity contribution is 1.16. The van der Waals surface area contributed by atoms with E-state index in [0.717, 1.165) is 11.1 Å². The molecule has 0 radical (unpaired) electrons. The molecule has 0 saturated heterocycles. The van der Waals surface area contributed by atoms with Crippen molar-refractivity contribution in [3.63, 3.8) is 0 Å². The normalized spacial score (nSPS) is 10.3. The fourth-order valence-corrected chi connectivity index (χ4v) is 1.56. The summed E-state index contributed by atoms with van der Waals surface area (Å²) in [5.41, 5.74) is 2.46. The molecule has 76 valence electrons. The minimum Gasteiger partial charge on any atom is -0.244 e. The van der Waals surface area contributed by atoms with Gasteiger partial charge >= 0.3 is 0 Å². The number of nitrogens with zero attached hydrogens (tertiary/aromatic N) is 3. The molecule has 2 aromatic heterocycles. The minimum atomic E-state index is 0.199. The van der Waals surface area contributed by atoms with Crippen LogP contribution in [-0.2, 0) is 0 Å². The summed E-state index contributed by atoms with van der Waals surface area (Å²) in [5.74, 6) is 0. The smallest absolute Gasteiger partial charge is 0.222 e. The van der Waals surface area contributed by atoms with Gasteiger partial charge in [-0.25, -0.2) is 15.0 Å². The van der Waals surface area contributed by atoms with Gasteiger partial charge in [0.25, 0.3) is 0 Å². The summed E-state index contributed by atoms with van der Waals surface area (Å²) in [6, 6.07) is 3.65. The second-order valence-corrected chi connectivity index (χ2v) is 3.76. The third-order valence-corrected chi connectivity index (χ3v) is 2.36. The van der Waals surface area contributed by atoms with Gasteiger partial charge in [0.2, 0.25) is 5.28 Å². The first-order valence-electron chi connectivity index (χ1n) is 4.28. The van der Waals surface area contributed by atoms with Crippen LogP contribution in [0.4, 0.5) is 0 Å². The van der Waals surface area contributed by atoms with Gasteiger partial charge in [0.1, 0.15) is 5.15 Å². The molecule has 0 N–H and O–H groups in total. The van der Waals surface area contributed by atoms with Gasteiger partial charge in [-0.3, -0.25) is 0 Å². The highest BCUT2D eigenvalue weighted by Gasteiger charge is 2.06. The van der Waals surface area contributed by atoms with Crippen LogP contribution < -0.4 is 0 Å². The van der Waals surface area contributed by atoms with Crippen molar-refractivity contribution >= 4 is 23.2 Å². The molecule has 0 fully saturated rings. The number of hydrogen-bond donors (Lipinski definition) is 0. The van der Waals surface area contributed by atoms with Crippen LogP contribution in [0.2, 0.25) is 10.4 Å². The van der Waals surface area contributed by atoms with Crippen molar-refractivity contribution < 1.29 is 0 Å². The highest BCUT2D eigenvalue weighted by Crippen LogP contribution is 2.25. The van der Waals surface area contributed by atoms with Crippen molar-refractivity contribution in [2.45, 2.75) is 6.92 Å². The zero-order valence-electron chi connectivity index (χ0n) is 7.91. The van der Waals surface area contributed by atoms with Crippen LogP contribution >= 0.6 is 23.2 Å². The van der Waals surface area contributed by atoms with E-state index in [1.54, 1.807) is 18.5 Å². The molecule has 0 aliphatic carbocycles. The Bertz CT molecular complexity index is 500. The number of halogens is 2. The number of aryl methyl sites for hydroxylation is 1. The van der Waals surface area contributed by atoms with Crippen LogP contribution in [0.1, 0.15) is 5.56 Å². The van der Waals surface area contributed by atoms with E-state index in [0.29, 0.717) is 10.8 Å². The van der Waals surface area contributed by atoms with E-state index in [-0.39, 0.29) is 5.28 Å². The van der Waals surface area contributed by atoms with E-state index < -0.39 is 0 Å². The third-order valence-electron chi connectivity index (χ3n) is 1.88. The molecule has 0 aliphatic heterocycles. The molecule has 0 aliphatic rings. The Morgan fingerprint density at radius 2 is 2.00 bits per heavy atom. The van der Waals surface area contributed by atoms with Gasteiger partial charge in [-0.05, 0) is 36.2 Å². The van der Waals surface area contributed by atoms with Gasteiger partial charge < -0.3 is 0 Å². The minimum absolute atomic E-state index is 0.199. The fourth-order valence-electron chi connectivity index (χ4n) is 1.22. The molecule has 0 bridgehead atoms. The van der Waals surface area contributed by atoms with Crippen LogP contribution in [0.5, 0.6) is 0 Å². The van der Waals surface area contributed by atoms with Crippen molar-refractivity contribution in [1.29, 1.82) is 0 Å². The molecule has 3 nitrogen and oxygen atoms in total. The van der Waals surface area contributed by atoms with E-state index in [2.05, 4.69) is 15.0 Å². The van der Waals surface area contributed by atoms with Crippen LogP contribution in [0, 0.1) is 6.92 Å². The summed E-state index contributed by atoms with van der Waals surface area (Å²) in [7, 11) is 0. The van der Waals surface area contributed by atoms with Gasteiger partial charge in [-0.2, -0.15) is 0 Å².